The quantitative estimate of drug-likeness (QED) is 0.674. The lowest BCUT2D eigenvalue weighted by atomic mass is 10.1. The number of fused-ring (bicyclic) bond motifs is 3. The number of hydrogen-bond donors (Lipinski definition) is 3. The third kappa shape index (κ3) is 2.30. The lowest BCUT2D eigenvalue weighted by Gasteiger charge is -2.24. The van der Waals surface area contributed by atoms with Crippen molar-refractivity contribution in [1.29, 1.82) is 0 Å². The number of benzene rings is 2. The summed E-state index contributed by atoms with van der Waals surface area (Å²) in [6, 6.07) is 11.2. The summed E-state index contributed by atoms with van der Waals surface area (Å²) in [6.45, 7) is 0. The van der Waals surface area contributed by atoms with E-state index in [2.05, 4.69) is 15.3 Å². The Balaban J connectivity index is 1.95. The lowest BCUT2D eigenvalue weighted by molar-refractivity contribution is 0.338. The fourth-order valence-corrected chi connectivity index (χ4v) is 3.00. The predicted molar refractivity (Wildman–Crippen MR) is 94.3 cm³/mol. The number of aromatic hydroxyl groups is 1. The average Bonchev–Trinajstić information content (AvgIpc) is 2.99. The number of anilines is 1. The number of phenols is 1. The minimum Gasteiger partial charge on any atom is -0.502 e. The minimum absolute atomic E-state index is 0.0599. The van der Waals surface area contributed by atoms with Crippen molar-refractivity contribution < 1.29 is 14.6 Å². The van der Waals surface area contributed by atoms with Crippen LogP contribution in [0.4, 0.5) is 5.95 Å². The first kappa shape index (κ1) is 15.1. The Morgan fingerprint density at radius 1 is 1.16 bits per heavy atom. The number of nitrogens with two attached hydrogens (primary N) is 1. The predicted octanol–water partition coefficient (Wildman–Crippen LogP) is 2.05. The van der Waals surface area contributed by atoms with Gasteiger partial charge in [0.2, 0.25) is 11.7 Å². The van der Waals surface area contributed by atoms with Gasteiger partial charge in [-0.2, -0.15) is 0 Å². The van der Waals surface area contributed by atoms with Crippen molar-refractivity contribution in [2.75, 3.05) is 19.5 Å². The maximum absolute atomic E-state index is 10.1. The highest BCUT2D eigenvalue weighted by atomic mass is 16.5. The molecule has 0 fully saturated rings. The van der Waals surface area contributed by atoms with Crippen LogP contribution in [0.3, 0.4) is 0 Å². The molecule has 0 unspecified atom stereocenters. The molecule has 0 radical (unpaired) electrons. The average molecular weight is 339 g/mol. The second-order valence-electron chi connectivity index (χ2n) is 5.58. The number of methoxy groups -OCH3 is 2. The Hall–Kier alpha value is -3.42. The van der Waals surface area contributed by atoms with E-state index in [-0.39, 0.29) is 11.7 Å². The topological polar surface area (TPSA) is 107 Å². The van der Waals surface area contributed by atoms with E-state index in [1.807, 2.05) is 28.8 Å². The van der Waals surface area contributed by atoms with Crippen molar-refractivity contribution in [3.8, 4) is 17.2 Å². The number of phenolic OH excluding ortho intramolecular Hbond substituents is 1. The summed E-state index contributed by atoms with van der Waals surface area (Å²) >= 11 is 0. The van der Waals surface area contributed by atoms with Crippen molar-refractivity contribution in [3.63, 3.8) is 0 Å². The normalized spacial score (nSPS) is 16.1. The highest BCUT2D eigenvalue weighted by Crippen LogP contribution is 2.41. The summed E-state index contributed by atoms with van der Waals surface area (Å²) in [4.78, 5) is 9.07. The van der Waals surface area contributed by atoms with Gasteiger partial charge in [0.15, 0.2) is 23.6 Å². The van der Waals surface area contributed by atoms with E-state index in [0.717, 1.165) is 16.6 Å². The molecule has 4 rings (SSSR count). The summed E-state index contributed by atoms with van der Waals surface area (Å²) in [5.74, 6) is 1.40. The van der Waals surface area contributed by atoms with E-state index in [9.17, 15) is 5.11 Å². The molecule has 0 saturated carbocycles. The van der Waals surface area contributed by atoms with Gasteiger partial charge in [-0.3, -0.25) is 9.88 Å². The molecule has 128 valence electrons. The van der Waals surface area contributed by atoms with Crippen LogP contribution in [0.15, 0.2) is 41.4 Å². The van der Waals surface area contributed by atoms with Crippen molar-refractivity contribution in [2.24, 2.45) is 10.7 Å². The molecular formula is C17H17N5O3. The van der Waals surface area contributed by atoms with E-state index < -0.39 is 6.17 Å². The Morgan fingerprint density at radius 2 is 1.84 bits per heavy atom. The van der Waals surface area contributed by atoms with Crippen LogP contribution in [-0.4, -0.2) is 34.8 Å². The molecule has 1 aromatic heterocycles. The molecule has 8 heteroatoms. The zero-order valence-corrected chi connectivity index (χ0v) is 13.7. The van der Waals surface area contributed by atoms with Crippen molar-refractivity contribution in [1.82, 2.24) is 9.55 Å². The number of nitrogens with zero attached hydrogens (tertiary/aromatic N) is 3. The standard InChI is InChI=1S/C17H17N5O3/c1-24-12-7-9(8-13(25-2)14(12)23)15-20-16(18)21-17-19-10-5-3-4-6-11(10)22(15)17/h3-8,15,23H,1-2H3,(H3,18,19,20,21)/t15-/m1/s1. The molecule has 0 amide bonds. The molecule has 2 heterocycles. The van der Waals surface area contributed by atoms with Crippen LogP contribution < -0.4 is 20.5 Å². The Kier molecular flexibility index (Phi) is 3.38. The van der Waals surface area contributed by atoms with Crippen molar-refractivity contribution >= 4 is 22.9 Å². The van der Waals surface area contributed by atoms with E-state index in [0.29, 0.717) is 17.4 Å². The molecule has 1 atom stereocenters. The van der Waals surface area contributed by atoms with Gasteiger partial charge in [-0.1, -0.05) is 12.1 Å². The minimum atomic E-state index is -0.466. The van der Waals surface area contributed by atoms with Crippen LogP contribution in [0, 0.1) is 0 Å². The van der Waals surface area contributed by atoms with E-state index in [1.165, 1.54) is 14.2 Å². The fourth-order valence-electron chi connectivity index (χ4n) is 3.00. The molecular weight excluding hydrogens is 322 g/mol. The molecule has 0 saturated heterocycles. The number of imidazole rings is 1. The molecule has 0 aliphatic carbocycles. The number of hydrogen-bond acceptors (Lipinski definition) is 7. The number of para-hydroxylation sites is 2. The molecule has 25 heavy (non-hydrogen) atoms. The number of nitrogens with one attached hydrogen (secondary N) is 1. The zero-order valence-electron chi connectivity index (χ0n) is 13.7. The number of ether oxygens (including phenoxy) is 2. The summed E-state index contributed by atoms with van der Waals surface area (Å²) in [5.41, 5.74) is 8.44. The molecule has 0 spiro atoms. The van der Waals surface area contributed by atoms with Gasteiger partial charge in [-0.15, -0.1) is 0 Å². The van der Waals surface area contributed by atoms with Gasteiger partial charge in [0.05, 0.1) is 25.3 Å². The van der Waals surface area contributed by atoms with E-state index in [4.69, 9.17) is 15.2 Å². The molecule has 8 nitrogen and oxygen atoms in total. The summed E-state index contributed by atoms with van der Waals surface area (Å²) in [5, 5.41) is 13.1. The second-order valence-corrected chi connectivity index (χ2v) is 5.58. The van der Waals surface area contributed by atoms with Gasteiger partial charge < -0.3 is 20.3 Å². The van der Waals surface area contributed by atoms with Crippen LogP contribution in [0.2, 0.25) is 0 Å². The van der Waals surface area contributed by atoms with Gasteiger partial charge in [0, 0.05) is 5.56 Å². The Labute approximate surface area is 143 Å². The summed E-state index contributed by atoms with van der Waals surface area (Å²) in [6.07, 6.45) is -0.466. The van der Waals surface area contributed by atoms with Crippen molar-refractivity contribution in [2.45, 2.75) is 6.17 Å². The molecule has 3 aromatic rings. The molecule has 0 bridgehead atoms. The SMILES string of the molecule is COc1cc([C@@H]2N=C(N)Nc3nc4ccccc4n32)cc(OC)c1O. The Morgan fingerprint density at radius 3 is 2.52 bits per heavy atom. The lowest BCUT2D eigenvalue weighted by Crippen LogP contribution is -2.31. The van der Waals surface area contributed by atoms with Gasteiger partial charge >= 0.3 is 0 Å². The smallest absolute Gasteiger partial charge is 0.212 e. The van der Waals surface area contributed by atoms with Crippen LogP contribution in [0.5, 0.6) is 17.2 Å². The summed E-state index contributed by atoms with van der Waals surface area (Å²) in [7, 11) is 2.97. The highest BCUT2D eigenvalue weighted by Gasteiger charge is 2.27. The molecule has 2 aromatic carbocycles. The first-order valence-corrected chi connectivity index (χ1v) is 7.64. The van der Waals surface area contributed by atoms with Crippen LogP contribution >= 0.6 is 0 Å². The van der Waals surface area contributed by atoms with Crippen LogP contribution in [0.25, 0.3) is 11.0 Å². The largest absolute Gasteiger partial charge is 0.502 e. The van der Waals surface area contributed by atoms with Crippen LogP contribution in [-0.2, 0) is 0 Å². The fraction of sp³-hybridized carbons (Fsp3) is 0.176. The third-order valence-electron chi connectivity index (χ3n) is 4.14. The second kappa shape index (κ2) is 5.59. The maximum atomic E-state index is 10.1. The van der Waals surface area contributed by atoms with Gasteiger partial charge in [0.25, 0.3) is 0 Å². The van der Waals surface area contributed by atoms with Crippen LogP contribution in [0.1, 0.15) is 11.7 Å². The highest BCUT2D eigenvalue weighted by molar-refractivity contribution is 5.94. The van der Waals surface area contributed by atoms with Gasteiger partial charge in [-0.05, 0) is 24.3 Å². The maximum Gasteiger partial charge on any atom is 0.212 e. The number of guanidine groups is 1. The number of aliphatic imine (C=N–C) groups is 1. The van der Waals surface area contributed by atoms with E-state index >= 15 is 0 Å². The summed E-state index contributed by atoms with van der Waals surface area (Å²) < 4.78 is 12.4. The number of rotatable bonds is 3. The Bertz CT molecular complexity index is 970. The third-order valence-corrected chi connectivity index (χ3v) is 4.14. The number of aromatic nitrogens is 2. The van der Waals surface area contributed by atoms with Gasteiger partial charge in [0.1, 0.15) is 0 Å². The van der Waals surface area contributed by atoms with Gasteiger partial charge in [-0.25, -0.2) is 9.98 Å². The van der Waals surface area contributed by atoms with E-state index in [1.54, 1.807) is 12.1 Å². The monoisotopic (exact) mass is 339 g/mol. The first-order valence-electron chi connectivity index (χ1n) is 7.64. The molecule has 1 aliphatic rings. The molecule has 4 N–H and O–H groups in total. The van der Waals surface area contributed by atoms with Crippen molar-refractivity contribution in [3.05, 3.63) is 42.0 Å². The zero-order chi connectivity index (χ0) is 17.6. The molecule has 1 aliphatic heterocycles. The first-order chi connectivity index (χ1) is 12.1.